The summed E-state index contributed by atoms with van der Waals surface area (Å²) in [6.07, 6.45) is 1.70. The first-order chi connectivity index (χ1) is 18.3. The summed E-state index contributed by atoms with van der Waals surface area (Å²) in [5.41, 5.74) is 3.26. The molecule has 1 aliphatic heterocycles. The van der Waals surface area contributed by atoms with Crippen LogP contribution in [0.5, 0.6) is 0 Å². The molecule has 2 aromatic carbocycles. The third-order valence-electron chi connectivity index (χ3n) is 6.25. The van der Waals surface area contributed by atoms with Gasteiger partial charge in [0.2, 0.25) is 0 Å². The van der Waals surface area contributed by atoms with Crippen molar-refractivity contribution in [1.82, 2.24) is 4.57 Å². The smallest absolute Gasteiger partial charge is 0.338 e. The molecule has 4 aromatic rings. The molecule has 0 fully saturated rings. The van der Waals surface area contributed by atoms with Gasteiger partial charge in [0.1, 0.15) is 11.5 Å². The minimum atomic E-state index is -0.665. The minimum Gasteiger partial charge on any atom is -0.463 e. The van der Waals surface area contributed by atoms with E-state index in [1.165, 1.54) is 11.3 Å². The maximum Gasteiger partial charge on any atom is 0.338 e. The quantitative estimate of drug-likeness (QED) is 0.325. The van der Waals surface area contributed by atoms with Crippen LogP contribution in [-0.4, -0.2) is 31.2 Å². The molecule has 9 heteroatoms. The van der Waals surface area contributed by atoms with Crippen LogP contribution in [0.25, 0.3) is 17.4 Å². The number of thiazole rings is 1. The summed E-state index contributed by atoms with van der Waals surface area (Å²) < 4.78 is 13.4. The molecule has 0 saturated heterocycles. The molecule has 0 saturated carbocycles. The number of aromatic nitrogens is 1. The van der Waals surface area contributed by atoms with Gasteiger partial charge >= 0.3 is 5.97 Å². The second-order valence-corrected chi connectivity index (χ2v) is 10.4. The Balaban J connectivity index is 1.63. The van der Waals surface area contributed by atoms with Crippen molar-refractivity contribution in [2.24, 2.45) is 4.99 Å². The van der Waals surface area contributed by atoms with Gasteiger partial charge in [-0.25, -0.2) is 9.79 Å². The van der Waals surface area contributed by atoms with E-state index in [2.05, 4.69) is 4.99 Å². The van der Waals surface area contributed by atoms with E-state index in [0.29, 0.717) is 37.1 Å². The number of anilines is 1. The summed E-state index contributed by atoms with van der Waals surface area (Å²) >= 11 is 7.38. The number of hydrogen-bond acceptors (Lipinski definition) is 7. The molecule has 1 atom stereocenters. The van der Waals surface area contributed by atoms with Gasteiger partial charge in [0, 0.05) is 36.4 Å². The molecule has 1 aliphatic rings. The Hall–Kier alpha value is -3.88. The molecule has 3 heterocycles. The van der Waals surface area contributed by atoms with Crippen LogP contribution in [0.15, 0.2) is 86.1 Å². The number of nitrogens with zero attached hydrogens (tertiary/aromatic N) is 3. The van der Waals surface area contributed by atoms with E-state index in [-0.39, 0.29) is 12.2 Å². The third-order valence-corrected chi connectivity index (χ3v) is 7.47. The first-order valence-corrected chi connectivity index (χ1v) is 13.3. The van der Waals surface area contributed by atoms with E-state index in [9.17, 15) is 9.59 Å². The molecule has 38 heavy (non-hydrogen) atoms. The van der Waals surface area contributed by atoms with Crippen molar-refractivity contribution in [2.75, 3.05) is 25.6 Å². The predicted molar refractivity (Wildman–Crippen MR) is 150 cm³/mol. The Morgan fingerprint density at radius 3 is 2.63 bits per heavy atom. The van der Waals surface area contributed by atoms with Gasteiger partial charge in [-0.05, 0) is 55.8 Å². The molecule has 0 amide bonds. The van der Waals surface area contributed by atoms with Crippen LogP contribution in [0, 0.1) is 0 Å². The van der Waals surface area contributed by atoms with Crippen LogP contribution in [0.3, 0.4) is 0 Å². The number of benzene rings is 2. The van der Waals surface area contributed by atoms with E-state index in [0.717, 1.165) is 16.8 Å². The van der Waals surface area contributed by atoms with Crippen LogP contribution in [0.4, 0.5) is 5.69 Å². The molecule has 1 unspecified atom stereocenters. The lowest BCUT2D eigenvalue weighted by atomic mass is 9.95. The Morgan fingerprint density at radius 1 is 1.18 bits per heavy atom. The largest absolute Gasteiger partial charge is 0.463 e. The highest BCUT2D eigenvalue weighted by Crippen LogP contribution is 2.32. The fourth-order valence-electron chi connectivity index (χ4n) is 4.42. The Morgan fingerprint density at radius 2 is 1.95 bits per heavy atom. The molecule has 0 spiro atoms. The maximum atomic E-state index is 13.8. The SMILES string of the molecule is CCOC(=O)C1=C(C)N=c2s/c(=C\c3ccc(-c4cccc(Cl)c4)o3)c(=O)n2C1c1ccc(N(C)C)cc1. The van der Waals surface area contributed by atoms with Gasteiger partial charge < -0.3 is 14.1 Å². The molecule has 5 rings (SSSR count). The van der Waals surface area contributed by atoms with Gasteiger partial charge in [0.25, 0.3) is 5.56 Å². The highest BCUT2D eigenvalue weighted by atomic mass is 35.5. The second kappa shape index (κ2) is 10.5. The third kappa shape index (κ3) is 4.85. The molecular weight excluding hydrogens is 522 g/mol. The number of esters is 1. The van der Waals surface area contributed by atoms with E-state index in [1.807, 2.05) is 67.5 Å². The fourth-order valence-corrected chi connectivity index (χ4v) is 5.64. The van der Waals surface area contributed by atoms with E-state index in [4.69, 9.17) is 20.8 Å². The van der Waals surface area contributed by atoms with Crippen LogP contribution in [0.2, 0.25) is 5.02 Å². The number of allylic oxidation sites excluding steroid dienone is 1. The van der Waals surface area contributed by atoms with E-state index in [1.54, 1.807) is 36.6 Å². The normalized spacial score (nSPS) is 15.3. The number of ether oxygens (including phenoxy) is 1. The highest BCUT2D eigenvalue weighted by molar-refractivity contribution is 7.07. The number of rotatable bonds is 6. The summed E-state index contributed by atoms with van der Waals surface area (Å²) in [6.45, 7) is 3.75. The van der Waals surface area contributed by atoms with Gasteiger partial charge in [-0.3, -0.25) is 9.36 Å². The molecule has 7 nitrogen and oxygen atoms in total. The highest BCUT2D eigenvalue weighted by Gasteiger charge is 2.33. The molecular formula is C29H26ClN3O4S. The van der Waals surface area contributed by atoms with Crippen molar-refractivity contribution >= 4 is 40.7 Å². The van der Waals surface area contributed by atoms with Gasteiger partial charge in [-0.2, -0.15) is 0 Å². The lowest BCUT2D eigenvalue weighted by Gasteiger charge is -2.25. The van der Waals surface area contributed by atoms with Crippen molar-refractivity contribution < 1.29 is 13.9 Å². The number of furan rings is 1. The summed E-state index contributed by atoms with van der Waals surface area (Å²) in [6, 6.07) is 18.1. The molecule has 0 aliphatic carbocycles. The number of carbonyl (C=O) groups is 1. The van der Waals surface area contributed by atoms with Gasteiger partial charge in [0.15, 0.2) is 4.80 Å². The van der Waals surface area contributed by atoms with Crippen LogP contribution >= 0.6 is 22.9 Å². The molecule has 0 bridgehead atoms. The van der Waals surface area contributed by atoms with Crippen LogP contribution < -0.4 is 19.8 Å². The van der Waals surface area contributed by atoms with Crippen molar-refractivity contribution in [3.05, 3.63) is 108 Å². The zero-order valence-electron chi connectivity index (χ0n) is 21.4. The maximum absolute atomic E-state index is 13.8. The topological polar surface area (TPSA) is 77.0 Å². The standard InChI is InChI=1S/C29H26ClN3O4S/c1-5-36-28(35)25-17(2)31-29-33(26(25)18-9-11-21(12-10-18)32(3)4)27(34)24(38-29)16-22-13-14-23(37-22)19-7-6-8-20(30)15-19/h6-16,26H,5H2,1-4H3/b24-16-. The van der Waals surface area contributed by atoms with Crippen molar-refractivity contribution in [2.45, 2.75) is 19.9 Å². The lowest BCUT2D eigenvalue weighted by molar-refractivity contribution is -0.139. The van der Waals surface area contributed by atoms with E-state index < -0.39 is 12.0 Å². The van der Waals surface area contributed by atoms with Crippen molar-refractivity contribution in [3.8, 4) is 11.3 Å². The van der Waals surface area contributed by atoms with Crippen LogP contribution in [-0.2, 0) is 9.53 Å². The lowest BCUT2D eigenvalue weighted by Crippen LogP contribution is -2.39. The second-order valence-electron chi connectivity index (χ2n) is 9.00. The number of fused-ring (bicyclic) bond motifs is 1. The van der Waals surface area contributed by atoms with Gasteiger partial charge in [-0.1, -0.05) is 47.2 Å². The number of carbonyl (C=O) groups excluding carboxylic acids is 1. The Kier molecular flexibility index (Phi) is 7.10. The minimum absolute atomic E-state index is 0.222. The van der Waals surface area contributed by atoms with Crippen LogP contribution in [0.1, 0.15) is 31.2 Å². The summed E-state index contributed by atoms with van der Waals surface area (Å²) in [5.74, 6) is 0.686. The van der Waals surface area contributed by atoms with Crippen molar-refractivity contribution in [1.29, 1.82) is 0 Å². The monoisotopic (exact) mass is 547 g/mol. The molecule has 0 N–H and O–H groups in total. The molecule has 2 aromatic heterocycles. The van der Waals surface area contributed by atoms with Gasteiger partial charge in [-0.15, -0.1) is 0 Å². The van der Waals surface area contributed by atoms with Gasteiger partial charge in [0.05, 0.1) is 28.5 Å². The number of hydrogen-bond donors (Lipinski definition) is 0. The average molecular weight is 548 g/mol. The summed E-state index contributed by atoms with van der Waals surface area (Å²) in [4.78, 5) is 33.9. The summed E-state index contributed by atoms with van der Waals surface area (Å²) in [5, 5.41) is 0.611. The molecule has 194 valence electrons. The Bertz CT molecular complexity index is 1730. The predicted octanol–water partition coefficient (Wildman–Crippen LogP) is 4.78. The zero-order chi connectivity index (χ0) is 27.0. The first-order valence-electron chi connectivity index (χ1n) is 12.1. The fraction of sp³-hybridized carbons (Fsp3) is 0.207. The average Bonchev–Trinajstić information content (AvgIpc) is 3.48. The summed E-state index contributed by atoms with van der Waals surface area (Å²) in [7, 11) is 3.91. The van der Waals surface area contributed by atoms with Crippen molar-refractivity contribution in [3.63, 3.8) is 0 Å². The number of halogens is 1. The molecule has 0 radical (unpaired) electrons. The van der Waals surface area contributed by atoms with E-state index >= 15 is 0 Å². The Labute approximate surface area is 228 Å². The zero-order valence-corrected chi connectivity index (χ0v) is 23.0. The first kappa shape index (κ1) is 25.8.